The lowest BCUT2D eigenvalue weighted by atomic mass is 10.5. The molecule has 0 aliphatic carbocycles. The van der Waals surface area contributed by atoms with Gasteiger partial charge in [0, 0.05) is 19.2 Å². The Labute approximate surface area is 84.1 Å². The Kier molecular flexibility index (Phi) is 2.28. The minimum Gasteiger partial charge on any atom is -0.407 e. The van der Waals surface area contributed by atoms with Gasteiger partial charge in [-0.15, -0.1) is 0 Å². The fourth-order valence-corrected chi connectivity index (χ4v) is 2.16. The minimum absolute atomic E-state index is 0.0863. The third-order valence-corrected chi connectivity index (χ3v) is 2.70. The van der Waals surface area contributed by atoms with Gasteiger partial charge in [-0.2, -0.15) is 4.98 Å². The van der Waals surface area contributed by atoms with Gasteiger partial charge < -0.3 is 4.74 Å². The van der Waals surface area contributed by atoms with Crippen molar-refractivity contribution in [1.29, 1.82) is 0 Å². The number of rotatable bonds is 1. The van der Waals surface area contributed by atoms with Crippen molar-refractivity contribution >= 4 is 17.7 Å². The standard InChI is InChI=1S/C8H8N2O3S/c1-5(11)13-6-4-7(12)10-2-3-14-8(10)9-6/h4H,2-3H2,1H3. The number of fused-ring (bicyclic) bond motifs is 1. The van der Waals surface area contributed by atoms with Gasteiger partial charge >= 0.3 is 5.97 Å². The van der Waals surface area contributed by atoms with Crippen LogP contribution in [0, 0.1) is 0 Å². The molecule has 2 rings (SSSR count). The Hall–Kier alpha value is -1.30. The van der Waals surface area contributed by atoms with Crippen LogP contribution in [0.25, 0.3) is 0 Å². The first-order chi connectivity index (χ1) is 6.66. The number of aromatic nitrogens is 2. The zero-order valence-electron chi connectivity index (χ0n) is 7.52. The monoisotopic (exact) mass is 212 g/mol. The van der Waals surface area contributed by atoms with E-state index in [-0.39, 0.29) is 11.4 Å². The van der Waals surface area contributed by atoms with Crippen LogP contribution in [-0.4, -0.2) is 21.3 Å². The molecular formula is C8H8N2O3S. The van der Waals surface area contributed by atoms with E-state index in [9.17, 15) is 9.59 Å². The summed E-state index contributed by atoms with van der Waals surface area (Å²) in [5.74, 6) is 0.458. The van der Waals surface area contributed by atoms with E-state index in [1.54, 1.807) is 4.57 Å². The first-order valence-corrected chi connectivity index (χ1v) is 5.08. The summed E-state index contributed by atoms with van der Waals surface area (Å²) in [4.78, 5) is 26.1. The molecular weight excluding hydrogens is 204 g/mol. The fourth-order valence-electron chi connectivity index (χ4n) is 1.21. The van der Waals surface area contributed by atoms with Crippen LogP contribution in [0.3, 0.4) is 0 Å². The van der Waals surface area contributed by atoms with Crippen molar-refractivity contribution in [3.8, 4) is 5.88 Å². The first-order valence-electron chi connectivity index (χ1n) is 4.10. The lowest BCUT2D eigenvalue weighted by Gasteiger charge is -2.03. The van der Waals surface area contributed by atoms with Crippen LogP contribution in [0.4, 0.5) is 0 Å². The second-order valence-corrected chi connectivity index (χ2v) is 3.87. The van der Waals surface area contributed by atoms with Crippen LogP contribution in [0.2, 0.25) is 0 Å². The molecule has 0 saturated carbocycles. The van der Waals surface area contributed by atoms with E-state index >= 15 is 0 Å². The number of carbonyl (C=O) groups is 1. The first kappa shape index (κ1) is 9.26. The summed E-state index contributed by atoms with van der Waals surface area (Å²) < 4.78 is 6.31. The Balaban J connectivity index is 2.42. The molecule has 14 heavy (non-hydrogen) atoms. The number of carbonyl (C=O) groups excluding carboxylic acids is 1. The average Bonchev–Trinajstić information content (AvgIpc) is 2.50. The van der Waals surface area contributed by atoms with E-state index in [2.05, 4.69) is 4.98 Å². The van der Waals surface area contributed by atoms with Gasteiger partial charge in [0.05, 0.1) is 6.07 Å². The predicted molar refractivity (Wildman–Crippen MR) is 50.5 cm³/mol. The highest BCUT2D eigenvalue weighted by molar-refractivity contribution is 7.99. The molecule has 1 aliphatic heterocycles. The molecule has 0 atom stereocenters. The number of hydrogen-bond acceptors (Lipinski definition) is 5. The summed E-state index contributed by atoms with van der Waals surface area (Å²) >= 11 is 1.48. The van der Waals surface area contributed by atoms with E-state index in [1.807, 2.05) is 0 Å². The van der Waals surface area contributed by atoms with Crippen molar-refractivity contribution in [2.45, 2.75) is 18.6 Å². The van der Waals surface area contributed by atoms with E-state index < -0.39 is 5.97 Å². The number of ether oxygens (including phenoxy) is 1. The van der Waals surface area contributed by atoms with Gasteiger partial charge in [0.25, 0.3) is 5.56 Å². The Morgan fingerprint density at radius 2 is 2.50 bits per heavy atom. The molecule has 1 aromatic rings. The topological polar surface area (TPSA) is 61.2 Å². The molecule has 0 unspecified atom stereocenters. The summed E-state index contributed by atoms with van der Waals surface area (Å²) in [5.41, 5.74) is -0.170. The second-order valence-electron chi connectivity index (χ2n) is 2.81. The van der Waals surface area contributed by atoms with Crippen molar-refractivity contribution in [2.24, 2.45) is 0 Å². The highest BCUT2D eigenvalue weighted by atomic mass is 32.2. The van der Waals surface area contributed by atoms with Crippen molar-refractivity contribution in [3.05, 3.63) is 16.4 Å². The molecule has 0 saturated heterocycles. The third kappa shape index (κ3) is 1.65. The minimum atomic E-state index is -0.468. The number of thioether (sulfide) groups is 1. The zero-order chi connectivity index (χ0) is 10.1. The summed E-state index contributed by atoms with van der Waals surface area (Å²) in [6.07, 6.45) is 0. The molecule has 0 amide bonds. The second kappa shape index (κ2) is 3.45. The average molecular weight is 212 g/mol. The Morgan fingerprint density at radius 3 is 3.21 bits per heavy atom. The molecule has 1 aliphatic rings. The lowest BCUT2D eigenvalue weighted by Crippen LogP contribution is -2.20. The predicted octanol–water partition coefficient (Wildman–Crippen LogP) is 0.274. The van der Waals surface area contributed by atoms with Crippen molar-refractivity contribution in [2.75, 3.05) is 5.75 Å². The number of esters is 1. The highest BCUT2D eigenvalue weighted by Gasteiger charge is 2.16. The fraction of sp³-hybridized carbons (Fsp3) is 0.375. The zero-order valence-corrected chi connectivity index (χ0v) is 8.34. The van der Waals surface area contributed by atoms with E-state index in [1.165, 1.54) is 24.8 Å². The van der Waals surface area contributed by atoms with E-state index in [0.29, 0.717) is 11.7 Å². The lowest BCUT2D eigenvalue weighted by molar-refractivity contribution is -0.132. The van der Waals surface area contributed by atoms with Gasteiger partial charge in [-0.25, -0.2) is 0 Å². The maximum atomic E-state index is 11.4. The van der Waals surface area contributed by atoms with Crippen LogP contribution in [0.1, 0.15) is 6.92 Å². The van der Waals surface area contributed by atoms with Crippen molar-refractivity contribution in [3.63, 3.8) is 0 Å². The molecule has 0 bridgehead atoms. The summed E-state index contributed by atoms with van der Waals surface area (Å²) in [5, 5.41) is 0.619. The highest BCUT2D eigenvalue weighted by Crippen LogP contribution is 2.22. The molecule has 0 radical (unpaired) electrons. The normalized spacial score (nSPS) is 13.8. The van der Waals surface area contributed by atoms with Crippen molar-refractivity contribution < 1.29 is 9.53 Å². The molecule has 2 heterocycles. The molecule has 1 aromatic heterocycles. The van der Waals surface area contributed by atoms with Crippen LogP contribution in [0.5, 0.6) is 5.88 Å². The van der Waals surface area contributed by atoms with Gasteiger partial charge in [0.1, 0.15) is 0 Å². The Morgan fingerprint density at radius 1 is 1.71 bits per heavy atom. The van der Waals surface area contributed by atoms with E-state index in [0.717, 1.165) is 5.75 Å². The number of hydrogen-bond donors (Lipinski definition) is 0. The quantitative estimate of drug-likeness (QED) is 0.494. The molecule has 0 aromatic carbocycles. The van der Waals surface area contributed by atoms with E-state index in [4.69, 9.17) is 4.74 Å². The smallest absolute Gasteiger partial charge is 0.309 e. The van der Waals surface area contributed by atoms with Crippen LogP contribution in [-0.2, 0) is 11.3 Å². The summed E-state index contributed by atoms with van der Waals surface area (Å²) in [6, 6.07) is 1.23. The molecule has 74 valence electrons. The van der Waals surface area contributed by atoms with Gasteiger partial charge in [-0.1, -0.05) is 11.8 Å². The molecule has 0 fully saturated rings. The van der Waals surface area contributed by atoms with Crippen LogP contribution in [0.15, 0.2) is 16.0 Å². The maximum absolute atomic E-state index is 11.4. The van der Waals surface area contributed by atoms with Gasteiger partial charge in [0.15, 0.2) is 5.16 Å². The molecule has 6 heteroatoms. The number of nitrogens with zero attached hydrogens (tertiary/aromatic N) is 2. The largest absolute Gasteiger partial charge is 0.407 e. The summed E-state index contributed by atoms with van der Waals surface area (Å²) in [7, 11) is 0. The van der Waals surface area contributed by atoms with Gasteiger partial charge in [0.2, 0.25) is 5.88 Å². The SMILES string of the molecule is CC(=O)Oc1cc(=O)n2c(n1)SCC2. The Bertz CT molecular complexity index is 441. The van der Waals surface area contributed by atoms with Crippen LogP contribution >= 0.6 is 11.8 Å². The maximum Gasteiger partial charge on any atom is 0.309 e. The van der Waals surface area contributed by atoms with Gasteiger partial charge in [-0.3, -0.25) is 14.2 Å². The molecule has 5 nitrogen and oxygen atoms in total. The molecule has 0 spiro atoms. The third-order valence-electron chi connectivity index (χ3n) is 1.74. The van der Waals surface area contributed by atoms with Crippen molar-refractivity contribution in [1.82, 2.24) is 9.55 Å². The molecule has 0 N–H and O–H groups in total. The summed E-state index contributed by atoms with van der Waals surface area (Å²) in [6.45, 7) is 1.95. The van der Waals surface area contributed by atoms with Gasteiger partial charge in [-0.05, 0) is 0 Å². The van der Waals surface area contributed by atoms with Crippen LogP contribution < -0.4 is 10.3 Å².